The monoisotopic (exact) mass is 422 g/mol. The molecule has 0 spiro atoms. The molecule has 2 aromatic carbocycles. The van der Waals surface area contributed by atoms with Crippen LogP contribution in [0.1, 0.15) is 5.56 Å². The maximum atomic E-state index is 11.6. The van der Waals surface area contributed by atoms with Gasteiger partial charge in [-0.1, -0.05) is 36.4 Å². The van der Waals surface area contributed by atoms with Gasteiger partial charge in [-0.25, -0.2) is 9.78 Å². The summed E-state index contributed by atoms with van der Waals surface area (Å²) in [5.74, 6) is -0.697. The molecule has 0 amide bonds. The van der Waals surface area contributed by atoms with Crippen molar-refractivity contribution in [2.45, 2.75) is 6.42 Å². The van der Waals surface area contributed by atoms with E-state index in [9.17, 15) is 20.0 Å². The van der Waals surface area contributed by atoms with Gasteiger partial charge in [0.15, 0.2) is 5.76 Å². The Balaban J connectivity index is 1.54. The fourth-order valence-corrected chi connectivity index (χ4v) is 3.48. The quantitative estimate of drug-likeness (QED) is 0.253. The standard InChI is InChI=1S/C20H14N4O5S/c25-19(26)14(9-12-5-1-3-7-16(12)24(27)28)22-23-20-21-15(11-30-20)18-10-13-6-2-4-8-17(13)29-18/h1-8,10-11H,9H2,(H,21,23)(H,25,26). The molecule has 0 fully saturated rings. The highest BCUT2D eigenvalue weighted by atomic mass is 32.1. The van der Waals surface area contributed by atoms with Gasteiger partial charge in [0.2, 0.25) is 5.13 Å². The first-order valence-electron chi connectivity index (χ1n) is 8.74. The van der Waals surface area contributed by atoms with Crippen LogP contribution in [0.3, 0.4) is 0 Å². The number of carbonyl (C=O) groups is 1. The maximum absolute atomic E-state index is 11.6. The number of benzene rings is 2. The molecule has 2 aromatic heterocycles. The Labute approximate surface area is 173 Å². The lowest BCUT2D eigenvalue weighted by Gasteiger charge is -2.03. The van der Waals surface area contributed by atoms with Gasteiger partial charge in [-0.15, -0.1) is 11.3 Å². The molecule has 10 heteroatoms. The lowest BCUT2D eigenvalue weighted by molar-refractivity contribution is -0.385. The van der Waals surface area contributed by atoms with Gasteiger partial charge in [-0.05, 0) is 12.1 Å². The molecule has 0 saturated carbocycles. The van der Waals surface area contributed by atoms with Crippen molar-refractivity contribution in [3.8, 4) is 11.5 Å². The first-order chi connectivity index (χ1) is 14.5. The molecule has 0 aliphatic carbocycles. The van der Waals surface area contributed by atoms with Gasteiger partial charge in [0.05, 0.1) is 4.92 Å². The number of carboxylic acid groups (broad SMARTS) is 1. The summed E-state index contributed by atoms with van der Waals surface area (Å²) in [6.07, 6.45) is -0.207. The fourth-order valence-electron chi connectivity index (χ4n) is 2.84. The predicted octanol–water partition coefficient (Wildman–Crippen LogP) is 4.56. The van der Waals surface area contributed by atoms with E-state index in [1.54, 1.807) is 11.4 Å². The predicted molar refractivity (Wildman–Crippen MR) is 113 cm³/mol. The highest BCUT2D eigenvalue weighted by Gasteiger charge is 2.19. The van der Waals surface area contributed by atoms with E-state index < -0.39 is 10.9 Å². The van der Waals surface area contributed by atoms with Gasteiger partial charge in [-0.3, -0.25) is 15.5 Å². The van der Waals surface area contributed by atoms with Gasteiger partial charge in [0, 0.05) is 28.8 Å². The highest BCUT2D eigenvalue weighted by Crippen LogP contribution is 2.30. The zero-order valence-electron chi connectivity index (χ0n) is 15.3. The van der Waals surface area contributed by atoms with Crippen LogP contribution < -0.4 is 5.43 Å². The van der Waals surface area contributed by atoms with Crippen LogP contribution in [0.25, 0.3) is 22.4 Å². The maximum Gasteiger partial charge on any atom is 0.352 e. The summed E-state index contributed by atoms with van der Waals surface area (Å²) in [4.78, 5) is 26.5. The van der Waals surface area contributed by atoms with E-state index in [0.29, 0.717) is 16.6 Å². The summed E-state index contributed by atoms with van der Waals surface area (Å²) in [5.41, 5.74) is 3.78. The van der Waals surface area contributed by atoms with Crippen molar-refractivity contribution in [3.05, 3.63) is 75.7 Å². The number of rotatable bonds is 7. The molecule has 0 saturated heterocycles. The van der Waals surface area contributed by atoms with Crippen molar-refractivity contribution < 1.29 is 19.2 Å². The van der Waals surface area contributed by atoms with Crippen LogP contribution in [-0.2, 0) is 11.2 Å². The first kappa shape index (κ1) is 19.3. The Kier molecular flexibility index (Phi) is 5.22. The molecule has 0 radical (unpaired) electrons. The number of para-hydroxylation sites is 2. The van der Waals surface area contributed by atoms with Crippen LogP contribution in [0.4, 0.5) is 10.8 Å². The lowest BCUT2D eigenvalue weighted by atomic mass is 10.1. The number of hydrazone groups is 1. The molecular weight excluding hydrogens is 408 g/mol. The van der Waals surface area contributed by atoms with E-state index >= 15 is 0 Å². The number of aromatic nitrogens is 1. The second-order valence-corrected chi connectivity index (χ2v) is 7.08. The number of anilines is 1. The van der Waals surface area contributed by atoms with Crippen molar-refractivity contribution in [2.75, 3.05) is 5.43 Å². The van der Waals surface area contributed by atoms with Crippen LogP contribution in [0.5, 0.6) is 0 Å². The minimum atomic E-state index is -1.28. The van der Waals surface area contributed by atoms with Crippen LogP contribution in [0.15, 0.2) is 69.5 Å². The number of hydrogen-bond acceptors (Lipinski definition) is 8. The summed E-state index contributed by atoms with van der Waals surface area (Å²) in [5, 5.41) is 27.6. The number of hydrogen-bond donors (Lipinski definition) is 2. The van der Waals surface area contributed by atoms with Crippen LogP contribution >= 0.6 is 11.3 Å². The number of nitrogens with zero attached hydrogens (tertiary/aromatic N) is 3. The third-order valence-electron chi connectivity index (χ3n) is 4.26. The SMILES string of the molecule is O=C(O)C(Cc1ccccc1[N+](=O)[O-])=NNc1nc(-c2cc3ccccc3o2)cs1. The number of thiazole rings is 1. The van der Waals surface area contributed by atoms with Crippen LogP contribution in [0.2, 0.25) is 0 Å². The largest absolute Gasteiger partial charge is 0.477 e. The Morgan fingerprint density at radius 1 is 1.23 bits per heavy atom. The zero-order valence-corrected chi connectivity index (χ0v) is 16.1. The third-order valence-corrected chi connectivity index (χ3v) is 5.01. The average Bonchev–Trinajstić information content (AvgIpc) is 3.37. The Bertz CT molecular complexity index is 1240. The average molecular weight is 422 g/mol. The summed E-state index contributed by atoms with van der Waals surface area (Å²) in [7, 11) is 0. The molecule has 150 valence electrons. The molecule has 4 aromatic rings. The second kappa shape index (κ2) is 8.13. The van der Waals surface area contributed by atoms with E-state index in [-0.39, 0.29) is 23.4 Å². The normalized spacial score (nSPS) is 11.5. The summed E-state index contributed by atoms with van der Waals surface area (Å²) >= 11 is 1.23. The second-order valence-electron chi connectivity index (χ2n) is 6.22. The number of nitro groups is 1. The molecule has 30 heavy (non-hydrogen) atoms. The molecule has 9 nitrogen and oxygen atoms in total. The topological polar surface area (TPSA) is 131 Å². The number of aliphatic carboxylic acids is 1. The smallest absolute Gasteiger partial charge is 0.352 e. The van der Waals surface area contributed by atoms with Crippen molar-refractivity contribution in [1.29, 1.82) is 0 Å². The van der Waals surface area contributed by atoms with Crippen LogP contribution in [0, 0.1) is 10.1 Å². The lowest BCUT2D eigenvalue weighted by Crippen LogP contribution is -2.18. The molecule has 0 aliphatic heterocycles. The Hall–Kier alpha value is -4.05. The zero-order chi connectivity index (χ0) is 21.1. The summed E-state index contributed by atoms with van der Waals surface area (Å²) < 4.78 is 5.77. The number of carboxylic acids is 1. The molecule has 2 N–H and O–H groups in total. The molecular formula is C20H14N4O5S. The van der Waals surface area contributed by atoms with E-state index in [1.165, 1.54) is 29.5 Å². The molecule has 4 rings (SSSR count). The highest BCUT2D eigenvalue weighted by molar-refractivity contribution is 7.14. The molecule has 2 heterocycles. The van der Waals surface area contributed by atoms with Gasteiger partial charge < -0.3 is 9.52 Å². The van der Waals surface area contributed by atoms with E-state index in [1.807, 2.05) is 30.3 Å². The third kappa shape index (κ3) is 4.03. The van der Waals surface area contributed by atoms with Crippen LogP contribution in [-0.4, -0.2) is 26.7 Å². The van der Waals surface area contributed by atoms with Crippen molar-refractivity contribution >= 4 is 44.8 Å². The first-order valence-corrected chi connectivity index (χ1v) is 9.62. The van der Waals surface area contributed by atoms with Crippen molar-refractivity contribution in [1.82, 2.24) is 4.98 Å². The Morgan fingerprint density at radius 3 is 2.77 bits per heavy atom. The van der Waals surface area contributed by atoms with E-state index in [4.69, 9.17) is 4.42 Å². The number of furan rings is 1. The molecule has 0 atom stereocenters. The van der Waals surface area contributed by atoms with E-state index in [2.05, 4.69) is 15.5 Å². The number of nitro benzene ring substituents is 1. The fraction of sp³-hybridized carbons (Fsp3) is 0.0500. The van der Waals surface area contributed by atoms with Gasteiger partial charge in [-0.2, -0.15) is 5.10 Å². The molecule has 0 bridgehead atoms. The number of fused-ring (bicyclic) bond motifs is 1. The molecule has 0 aliphatic rings. The summed E-state index contributed by atoms with van der Waals surface area (Å²) in [6.45, 7) is 0. The van der Waals surface area contributed by atoms with Gasteiger partial charge >= 0.3 is 5.97 Å². The Morgan fingerprint density at radius 2 is 2.00 bits per heavy atom. The molecule has 0 unspecified atom stereocenters. The number of nitrogens with one attached hydrogen (secondary N) is 1. The van der Waals surface area contributed by atoms with Gasteiger partial charge in [0.25, 0.3) is 5.69 Å². The van der Waals surface area contributed by atoms with Gasteiger partial charge in [0.1, 0.15) is 17.0 Å². The van der Waals surface area contributed by atoms with E-state index in [0.717, 1.165) is 11.0 Å². The van der Waals surface area contributed by atoms with Crippen molar-refractivity contribution in [3.63, 3.8) is 0 Å². The van der Waals surface area contributed by atoms with Crippen molar-refractivity contribution in [2.24, 2.45) is 5.10 Å². The minimum Gasteiger partial charge on any atom is -0.477 e. The summed E-state index contributed by atoms with van der Waals surface area (Å²) in [6, 6.07) is 15.4. The minimum absolute atomic E-state index is 0.159.